The molecule has 4 aromatic rings. The lowest BCUT2D eigenvalue weighted by Crippen LogP contribution is -2.36. The Morgan fingerprint density at radius 1 is 1.09 bits per heavy atom. The molecule has 1 aliphatic heterocycles. The van der Waals surface area contributed by atoms with Crippen LogP contribution >= 0.6 is 0 Å². The molecule has 9 nitrogen and oxygen atoms in total. The van der Waals surface area contributed by atoms with Gasteiger partial charge in [-0.25, -0.2) is 9.97 Å². The number of benzene rings is 1. The van der Waals surface area contributed by atoms with Crippen molar-refractivity contribution >= 4 is 28.5 Å². The van der Waals surface area contributed by atoms with Gasteiger partial charge in [0.15, 0.2) is 17.3 Å². The number of rotatable bonds is 5. The third-order valence-electron chi connectivity index (χ3n) is 5.70. The molecule has 0 atom stereocenters. The first-order chi connectivity index (χ1) is 16.1. The Balaban J connectivity index is 1.57. The number of aryl methyl sites for hydroxylation is 2. The molecule has 0 bridgehead atoms. The quantitative estimate of drug-likeness (QED) is 0.278. The minimum Gasteiger partial charge on any atom is -0.382 e. The normalized spacial score (nSPS) is 14.6. The van der Waals surface area contributed by atoms with E-state index in [1.54, 1.807) is 12.4 Å². The molecule has 1 fully saturated rings. The standard InChI is InChI=1S/C24H26N8O/c1-16-4-3-5-18(14-16)22(25)30-29-20-15-19(32-10-12-33-13-11-32)21-24(27-20)31(2)23(28-21)17-6-8-26-9-7-17/h3-9,14-15H,10-13H2,1-2H3,(H2,25,30)(H,27,29). The maximum Gasteiger partial charge on any atom is 0.164 e. The molecule has 0 aliphatic carbocycles. The van der Waals surface area contributed by atoms with Crippen LogP contribution in [0.2, 0.25) is 0 Å². The number of aromatic nitrogens is 4. The lowest BCUT2D eigenvalue weighted by atomic mass is 10.1. The van der Waals surface area contributed by atoms with Crippen LogP contribution in [0.25, 0.3) is 22.6 Å². The van der Waals surface area contributed by atoms with Crippen LogP contribution in [0.3, 0.4) is 0 Å². The number of nitrogens with one attached hydrogen (secondary N) is 1. The second-order valence-corrected chi connectivity index (χ2v) is 8.01. The monoisotopic (exact) mass is 442 g/mol. The Kier molecular flexibility index (Phi) is 5.62. The van der Waals surface area contributed by atoms with E-state index in [0.717, 1.165) is 52.5 Å². The lowest BCUT2D eigenvalue weighted by molar-refractivity contribution is 0.123. The average molecular weight is 443 g/mol. The number of hydrogen-bond acceptors (Lipinski definition) is 7. The highest BCUT2D eigenvalue weighted by Crippen LogP contribution is 2.32. The molecule has 168 valence electrons. The molecule has 0 spiro atoms. The van der Waals surface area contributed by atoms with E-state index in [1.807, 2.05) is 61.0 Å². The van der Waals surface area contributed by atoms with Crippen molar-refractivity contribution in [3.05, 3.63) is 66.0 Å². The fourth-order valence-corrected chi connectivity index (χ4v) is 3.98. The third-order valence-corrected chi connectivity index (χ3v) is 5.70. The van der Waals surface area contributed by atoms with E-state index in [-0.39, 0.29) is 0 Å². The van der Waals surface area contributed by atoms with E-state index in [2.05, 4.69) is 20.4 Å². The summed E-state index contributed by atoms with van der Waals surface area (Å²) < 4.78 is 7.55. The highest BCUT2D eigenvalue weighted by Gasteiger charge is 2.21. The van der Waals surface area contributed by atoms with Gasteiger partial charge >= 0.3 is 0 Å². The molecule has 0 amide bonds. The van der Waals surface area contributed by atoms with Crippen molar-refractivity contribution in [2.45, 2.75) is 6.92 Å². The second-order valence-electron chi connectivity index (χ2n) is 8.01. The van der Waals surface area contributed by atoms with E-state index >= 15 is 0 Å². The van der Waals surface area contributed by atoms with Gasteiger partial charge in [0.05, 0.1) is 18.9 Å². The van der Waals surface area contributed by atoms with Crippen molar-refractivity contribution in [1.29, 1.82) is 0 Å². The number of amidine groups is 1. The summed E-state index contributed by atoms with van der Waals surface area (Å²) in [7, 11) is 1.97. The molecule has 1 saturated heterocycles. The summed E-state index contributed by atoms with van der Waals surface area (Å²) >= 11 is 0. The number of anilines is 2. The van der Waals surface area contributed by atoms with Gasteiger partial charge in [0.25, 0.3) is 0 Å². The number of ether oxygens (including phenoxy) is 1. The van der Waals surface area contributed by atoms with Crippen molar-refractivity contribution in [2.75, 3.05) is 36.6 Å². The highest BCUT2D eigenvalue weighted by atomic mass is 16.5. The third kappa shape index (κ3) is 4.22. The Bertz CT molecular complexity index is 1310. The summed E-state index contributed by atoms with van der Waals surface area (Å²) in [4.78, 5) is 16.2. The van der Waals surface area contributed by atoms with Gasteiger partial charge < -0.3 is 19.9 Å². The summed E-state index contributed by atoms with van der Waals surface area (Å²) in [6.07, 6.45) is 3.53. The van der Waals surface area contributed by atoms with Crippen molar-refractivity contribution < 1.29 is 4.74 Å². The zero-order valence-electron chi connectivity index (χ0n) is 18.7. The largest absolute Gasteiger partial charge is 0.382 e. The minimum absolute atomic E-state index is 0.399. The smallest absolute Gasteiger partial charge is 0.164 e. The van der Waals surface area contributed by atoms with Crippen molar-refractivity contribution in [3.8, 4) is 11.4 Å². The molecule has 4 heterocycles. The van der Waals surface area contributed by atoms with Gasteiger partial charge in [-0.15, -0.1) is 0 Å². The van der Waals surface area contributed by atoms with Gasteiger partial charge in [-0.2, -0.15) is 5.10 Å². The summed E-state index contributed by atoms with van der Waals surface area (Å²) in [5, 5.41) is 4.39. The second kappa shape index (κ2) is 8.87. The van der Waals surface area contributed by atoms with Crippen LogP contribution in [-0.4, -0.2) is 51.7 Å². The van der Waals surface area contributed by atoms with Crippen molar-refractivity contribution in [3.63, 3.8) is 0 Å². The highest BCUT2D eigenvalue weighted by molar-refractivity contribution is 5.98. The van der Waals surface area contributed by atoms with Crippen LogP contribution in [0.1, 0.15) is 11.1 Å². The van der Waals surface area contributed by atoms with Crippen molar-refractivity contribution in [1.82, 2.24) is 19.5 Å². The first-order valence-corrected chi connectivity index (χ1v) is 10.9. The lowest BCUT2D eigenvalue weighted by Gasteiger charge is -2.29. The zero-order chi connectivity index (χ0) is 22.8. The number of hydrazone groups is 1. The van der Waals surface area contributed by atoms with Crippen molar-refractivity contribution in [2.24, 2.45) is 17.9 Å². The Morgan fingerprint density at radius 3 is 2.64 bits per heavy atom. The van der Waals surface area contributed by atoms with Crippen LogP contribution in [-0.2, 0) is 11.8 Å². The van der Waals surface area contributed by atoms with E-state index in [1.165, 1.54) is 0 Å². The van der Waals surface area contributed by atoms with Crippen LogP contribution in [0.4, 0.5) is 11.5 Å². The summed E-state index contributed by atoms with van der Waals surface area (Å²) in [6.45, 7) is 4.95. The summed E-state index contributed by atoms with van der Waals surface area (Å²) in [6, 6.07) is 13.8. The Morgan fingerprint density at radius 2 is 1.88 bits per heavy atom. The number of morpholine rings is 1. The molecule has 33 heavy (non-hydrogen) atoms. The maximum absolute atomic E-state index is 6.22. The van der Waals surface area contributed by atoms with Gasteiger partial charge in [-0.3, -0.25) is 10.4 Å². The summed E-state index contributed by atoms with van der Waals surface area (Å²) in [5.74, 6) is 1.83. The molecular weight excluding hydrogens is 416 g/mol. The molecule has 1 aromatic carbocycles. The van der Waals surface area contributed by atoms with Gasteiger partial charge in [0.2, 0.25) is 0 Å². The fraction of sp³-hybridized carbons (Fsp3) is 0.250. The van der Waals surface area contributed by atoms with Gasteiger partial charge in [0.1, 0.15) is 11.3 Å². The van der Waals surface area contributed by atoms with Gasteiger partial charge in [-0.05, 0) is 25.1 Å². The molecule has 0 unspecified atom stereocenters. The van der Waals surface area contributed by atoms with Gasteiger partial charge in [0, 0.05) is 49.7 Å². The number of hydrogen-bond donors (Lipinski definition) is 2. The van der Waals surface area contributed by atoms with Crippen LogP contribution < -0.4 is 16.1 Å². The topological polar surface area (TPSA) is 106 Å². The van der Waals surface area contributed by atoms with Crippen LogP contribution in [0.5, 0.6) is 0 Å². The predicted molar refractivity (Wildman–Crippen MR) is 130 cm³/mol. The maximum atomic E-state index is 6.22. The molecule has 9 heteroatoms. The number of nitrogens with zero attached hydrogens (tertiary/aromatic N) is 6. The van der Waals surface area contributed by atoms with E-state index in [0.29, 0.717) is 24.9 Å². The minimum atomic E-state index is 0.399. The van der Waals surface area contributed by atoms with Crippen LogP contribution in [0, 0.1) is 6.92 Å². The van der Waals surface area contributed by atoms with Gasteiger partial charge in [-0.1, -0.05) is 23.8 Å². The Hall–Kier alpha value is -3.98. The number of fused-ring (bicyclic) bond motifs is 1. The number of imidazole rings is 1. The molecule has 3 aromatic heterocycles. The first kappa shape index (κ1) is 20.9. The fourth-order valence-electron chi connectivity index (χ4n) is 3.98. The molecule has 0 saturated carbocycles. The molecule has 5 rings (SSSR count). The molecule has 3 N–H and O–H groups in total. The number of pyridine rings is 2. The molecule has 0 radical (unpaired) electrons. The number of nitrogens with two attached hydrogens (primary N) is 1. The SMILES string of the molecule is Cc1cccc(/C(N)=N/Nc2cc(N3CCOCC3)c3nc(-c4ccncc4)n(C)c3n2)c1. The molecule has 1 aliphatic rings. The molecular formula is C24H26N8O. The van der Waals surface area contributed by atoms with Crippen LogP contribution in [0.15, 0.2) is 60.0 Å². The average Bonchev–Trinajstić information content (AvgIpc) is 3.19. The van der Waals surface area contributed by atoms with E-state index in [9.17, 15) is 0 Å². The zero-order valence-corrected chi connectivity index (χ0v) is 18.7. The van der Waals surface area contributed by atoms with E-state index < -0.39 is 0 Å². The predicted octanol–water partition coefficient (Wildman–Crippen LogP) is 2.91. The Labute approximate surface area is 191 Å². The van der Waals surface area contributed by atoms with E-state index in [4.69, 9.17) is 20.4 Å². The first-order valence-electron chi connectivity index (χ1n) is 10.9. The summed E-state index contributed by atoms with van der Waals surface area (Å²) in [5.41, 5.74) is 14.8.